The van der Waals surface area contributed by atoms with Gasteiger partial charge in [0.25, 0.3) is 0 Å². The highest BCUT2D eigenvalue weighted by atomic mass is 19.4. The summed E-state index contributed by atoms with van der Waals surface area (Å²) in [6.07, 6.45) is -4.65. The molecule has 0 atom stereocenters. The summed E-state index contributed by atoms with van der Waals surface area (Å²) in [6.45, 7) is -0.219. The first-order valence-electron chi connectivity index (χ1n) is 4.83. The van der Waals surface area contributed by atoms with E-state index in [-0.39, 0.29) is 12.4 Å². The number of benzene rings is 1. The van der Waals surface area contributed by atoms with Gasteiger partial charge in [0.1, 0.15) is 5.75 Å². The molecule has 0 radical (unpaired) electrons. The summed E-state index contributed by atoms with van der Waals surface area (Å²) in [7, 11) is 0. The maximum atomic E-state index is 12.2. The number of hydrogen-bond acceptors (Lipinski definition) is 5. The summed E-state index contributed by atoms with van der Waals surface area (Å²) in [5, 5.41) is 3.16. The van der Waals surface area contributed by atoms with Crippen molar-refractivity contribution in [1.29, 1.82) is 0 Å². The van der Waals surface area contributed by atoms with Crippen LogP contribution in [0, 0.1) is 0 Å². The Labute approximate surface area is 99.4 Å². The van der Waals surface area contributed by atoms with E-state index < -0.39 is 12.1 Å². The molecular formula is C10H8F3N3O2. The lowest BCUT2D eigenvalue weighted by molar-refractivity contribution is -0.159. The Balaban J connectivity index is 1.98. The summed E-state index contributed by atoms with van der Waals surface area (Å²) in [5.74, 6) is -1.12. The Morgan fingerprint density at radius 1 is 1.22 bits per heavy atom. The van der Waals surface area contributed by atoms with Crippen LogP contribution in [0.3, 0.4) is 0 Å². The van der Waals surface area contributed by atoms with Crippen molar-refractivity contribution in [2.75, 3.05) is 5.73 Å². The number of hydrogen-bond donors (Lipinski definition) is 1. The number of aromatic nitrogens is 2. The van der Waals surface area contributed by atoms with Gasteiger partial charge in [0.15, 0.2) is 6.61 Å². The minimum absolute atomic E-state index is 0.181. The second-order valence-electron chi connectivity index (χ2n) is 3.37. The first-order valence-corrected chi connectivity index (χ1v) is 4.83. The average molecular weight is 259 g/mol. The number of ether oxygens (including phenoxy) is 1. The maximum absolute atomic E-state index is 12.2. The van der Waals surface area contributed by atoms with Crippen LogP contribution in [0.15, 0.2) is 28.8 Å². The first-order chi connectivity index (χ1) is 8.45. The highest BCUT2D eigenvalue weighted by Crippen LogP contribution is 2.27. The third-order valence-electron chi connectivity index (χ3n) is 1.96. The fraction of sp³-hybridized carbons (Fsp3) is 0.200. The third kappa shape index (κ3) is 2.90. The van der Waals surface area contributed by atoms with Crippen LogP contribution in [0.5, 0.6) is 5.75 Å². The molecule has 0 spiro atoms. The molecule has 5 nitrogen and oxygen atoms in total. The zero-order valence-electron chi connectivity index (χ0n) is 8.94. The van der Waals surface area contributed by atoms with E-state index in [4.69, 9.17) is 10.5 Å². The van der Waals surface area contributed by atoms with Crippen molar-refractivity contribution < 1.29 is 22.4 Å². The van der Waals surface area contributed by atoms with Crippen LogP contribution in [0.2, 0.25) is 0 Å². The van der Waals surface area contributed by atoms with E-state index >= 15 is 0 Å². The van der Waals surface area contributed by atoms with Gasteiger partial charge in [-0.15, -0.1) is 0 Å². The fourth-order valence-corrected chi connectivity index (χ4v) is 1.14. The summed E-state index contributed by atoms with van der Waals surface area (Å²) >= 11 is 0. The van der Waals surface area contributed by atoms with E-state index in [1.807, 2.05) is 0 Å². The van der Waals surface area contributed by atoms with Crippen molar-refractivity contribution in [1.82, 2.24) is 10.1 Å². The molecule has 0 amide bonds. The van der Waals surface area contributed by atoms with Crippen molar-refractivity contribution in [3.8, 4) is 5.75 Å². The molecule has 0 bridgehead atoms. The van der Waals surface area contributed by atoms with Gasteiger partial charge in [0.05, 0.1) is 0 Å². The Morgan fingerprint density at radius 3 is 2.44 bits per heavy atom. The topological polar surface area (TPSA) is 74.2 Å². The normalized spacial score (nSPS) is 11.5. The lowest BCUT2D eigenvalue weighted by atomic mass is 10.3. The smallest absolute Gasteiger partial charge is 0.471 e. The minimum Gasteiger partial charge on any atom is -0.485 e. The third-order valence-corrected chi connectivity index (χ3v) is 1.96. The van der Waals surface area contributed by atoms with Crippen LogP contribution in [-0.4, -0.2) is 10.1 Å². The SMILES string of the molecule is Nc1ccc(OCc2noc(C(F)(F)F)n2)cc1. The lowest BCUT2D eigenvalue weighted by Gasteiger charge is -2.02. The molecule has 0 saturated heterocycles. The number of nitrogens with two attached hydrogens (primary N) is 1. The van der Waals surface area contributed by atoms with E-state index in [2.05, 4.69) is 14.7 Å². The van der Waals surface area contributed by atoms with Gasteiger partial charge in [-0.05, 0) is 24.3 Å². The average Bonchev–Trinajstić information content (AvgIpc) is 2.77. The van der Waals surface area contributed by atoms with Crippen LogP contribution in [0.25, 0.3) is 0 Å². The van der Waals surface area contributed by atoms with E-state index in [1.165, 1.54) is 0 Å². The standard InChI is InChI=1S/C10H8F3N3O2/c11-10(12,13)9-15-8(16-18-9)5-17-7-3-1-6(14)2-4-7/h1-4H,5,14H2. The molecule has 0 aliphatic rings. The first kappa shape index (κ1) is 12.2. The second kappa shape index (κ2) is 4.55. The Kier molecular flexibility index (Phi) is 3.09. The van der Waals surface area contributed by atoms with E-state index in [0.717, 1.165) is 0 Å². The predicted octanol–water partition coefficient (Wildman–Crippen LogP) is 2.25. The molecule has 0 aliphatic heterocycles. The largest absolute Gasteiger partial charge is 0.485 e. The van der Waals surface area contributed by atoms with Crippen molar-refractivity contribution in [3.05, 3.63) is 36.0 Å². The Bertz CT molecular complexity index is 522. The molecule has 0 aliphatic carbocycles. The molecule has 18 heavy (non-hydrogen) atoms. The van der Waals surface area contributed by atoms with Crippen LogP contribution in [0.4, 0.5) is 18.9 Å². The second-order valence-corrected chi connectivity index (χ2v) is 3.37. The van der Waals surface area contributed by atoms with Crippen LogP contribution in [-0.2, 0) is 12.8 Å². The molecule has 0 unspecified atom stereocenters. The quantitative estimate of drug-likeness (QED) is 0.855. The summed E-state index contributed by atoms with van der Waals surface area (Å²) in [4.78, 5) is 3.16. The molecule has 1 heterocycles. The fourth-order valence-electron chi connectivity index (χ4n) is 1.14. The van der Waals surface area contributed by atoms with Crippen molar-refractivity contribution in [3.63, 3.8) is 0 Å². The molecule has 2 rings (SSSR count). The number of nitrogens with zero attached hydrogens (tertiary/aromatic N) is 2. The van der Waals surface area contributed by atoms with Gasteiger partial charge in [-0.2, -0.15) is 18.2 Å². The lowest BCUT2D eigenvalue weighted by Crippen LogP contribution is -2.06. The van der Waals surface area contributed by atoms with Gasteiger partial charge in [-0.25, -0.2) is 0 Å². The van der Waals surface area contributed by atoms with Gasteiger partial charge in [-0.1, -0.05) is 5.16 Å². The van der Waals surface area contributed by atoms with E-state index in [1.54, 1.807) is 24.3 Å². The number of anilines is 1. The van der Waals surface area contributed by atoms with Gasteiger partial charge in [0, 0.05) is 5.69 Å². The Morgan fingerprint density at radius 2 is 1.89 bits per heavy atom. The zero-order chi connectivity index (χ0) is 13.2. The highest BCUT2D eigenvalue weighted by molar-refractivity contribution is 5.41. The van der Waals surface area contributed by atoms with Crippen molar-refractivity contribution in [2.24, 2.45) is 0 Å². The monoisotopic (exact) mass is 259 g/mol. The molecule has 2 aromatic rings. The van der Waals surface area contributed by atoms with E-state index in [9.17, 15) is 13.2 Å². The van der Waals surface area contributed by atoms with Crippen LogP contribution in [0.1, 0.15) is 11.7 Å². The van der Waals surface area contributed by atoms with Crippen molar-refractivity contribution >= 4 is 5.69 Å². The molecule has 0 saturated carbocycles. The number of halogens is 3. The Hall–Kier alpha value is -2.25. The molecule has 1 aromatic heterocycles. The van der Waals surface area contributed by atoms with Gasteiger partial charge in [0.2, 0.25) is 5.82 Å². The maximum Gasteiger partial charge on any atom is 0.471 e. The van der Waals surface area contributed by atoms with Crippen molar-refractivity contribution in [2.45, 2.75) is 12.8 Å². The highest BCUT2D eigenvalue weighted by Gasteiger charge is 2.38. The van der Waals surface area contributed by atoms with Gasteiger partial charge < -0.3 is 15.0 Å². The summed E-state index contributed by atoms with van der Waals surface area (Å²) in [5.41, 5.74) is 6.02. The number of nitrogen functional groups attached to an aromatic ring is 1. The van der Waals surface area contributed by atoms with Gasteiger partial charge >= 0.3 is 12.1 Å². The van der Waals surface area contributed by atoms with E-state index in [0.29, 0.717) is 11.4 Å². The summed E-state index contributed by atoms with van der Waals surface area (Å²) < 4.78 is 45.7. The van der Waals surface area contributed by atoms with Crippen LogP contribution < -0.4 is 10.5 Å². The molecule has 2 N–H and O–H groups in total. The predicted molar refractivity (Wildman–Crippen MR) is 54.5 cm³/mol. The van der Waals surface area contributed by atoms with Crippen LogP contribution >= 0.6 is 0 Å². The molecule has 96 valence electrons. The molecule has 8 heteroatoms. The molecule has 0 fully saturated rings. The number of alkyl halides is 3. The zero-order valence-corrected chi connectivity index (χ0v) is 8.94. The number of rotatable bonds is 3. The summed E-state index contributed by atoms with van der Waals surface area (Å²) in [6, 6.07) is 6.37. The minimum atomic E-state index is -4.65. The molecule has 1 aromatic carbocycles. The molecular weight excluding hydrogens is 251 g/mol. The van der Waals surface area contributed by atoms with Gasteiger partial charge in [-0.3, -0.25) is 0 Å².